The number of aryl methyl sites for hydroxylation is 1. The van der Waals surface area contributed by atoms with E-state index in [0.717, 1.165) is 43.4 Å². The summed E-state index contributed by atoms with van der Waals surface area (Å²) < 4.78 is 3.87. The third-order valence-electron chi connectivity index (χ3n) is 2.51. The third kappa shape index (κ3) is 4.03. The van der Waals surface area contributed by atoms with E-state index in [2.05, 4.69) is 32.4 Å². The number of carbonyl (C=O) groups excluding carboxylic acids is 1. The maximum Gasteiger partial charge on any atom is 0.267 e. The van der Waals surface area contributed by atoms with E-state index in [1.54, 1.807) is 0 Å². The van der Waals surface area contributed by atoms with Crippen LogP contribution in [0.2, 0.25) is 0 Å². The Morgan fingerprint density at radius 2 is 2.18 bits per heavy atom. The fourth-order valence-corrected chi connectivity index (χ4v) is 2.66. The zero-order valence-corrected chi connectivity index (χ0v) is 12.7. The second-order valence-corrected chi connectivity index (χ2v) is 5.28. The summed E-state index contributed by atoms with van der Waals surface area (Å²) in [5, 5.41) is 4.79. The highest BCUT2D eigenvalue weighted by Crippen LogP contribution is 2.15. The Morgan fingerprint density at radius 1 is 1.41 bits per heavy atom. The first-order valence-corrected chi connectivity index (χ1v) is 7.80. The highest BCUT2D eigenvalue weighted by atomic mass is 79.9. The number of hydrogen-bond donors (Lipinski definition) is 0. The van der Waals surface area contributed by atoms with E-state index in [1.807, 2.05) is 11.8 Å². The summed E-state index contributed by atoms with van der Waals surface area (Å²) in [5.74, 6) is 0.0738. The molecule has 4 nitrogen and oxygen atoms in total. The van der Waals surface area contributed by atoms with E-state index in [9.17, 15) is 4.79 Å². The van der Waals surface area contributed by atoms with Crippen molar-refractivity contribution in [2.75, 3.05) is 18.4 Å². The van der Waals surface area contributed by atoms with Crippen molar-refractivity contribution in [3.05, 3.63) is 10.6 Å². The van der Waals surface area contributed by atoms with Crippen LogP contribution < -0.4 is 0 Å². The molecule has 1 heterocycles. The number of unbranched alkanes of at least 4 members (excludes halogenated alkanes) is 1. The molecule has 0 saturated carbocycles. The quantitative estimate of drug-likeness (QED) is 0.726. The molecule has 0 spiro atoms. The number of rotatable bonds is 7. The van der Waals surface area contributed by atoms with Crippen LogP contribution in [0.3, 0.4) is 0 Å². The summed E-state index contributed by atoms with van der Waals surface area (Å²) in [5.41, 5.74) is 0.816. The standard InChI is InChI=1S/C11H18BrN3OS/c1-3-5-7-15(8-6-12)11(16)10-9(4-2)13-14-17-10/h3-8H2,1-2H3. The molecule has 0 atom stereocenters. The average Bonchev–Trinajstić information content (AvgIpc) is 2.81. The van der Waals surface area contributed by atoms with Gasteiger partial charge in [0.15, 0.2) is 0 Å². The monoisotopic (exact) mass is 319 g/mol. The van der Waals surface area contributed by atoms with Gasteiger partial charge < -0.3 is 4.90 Å². The van der Waals surface area contributed by atoms with Gasteiger partial charge in [-0.1, -0.05) is 40.7 Å². The topological polar surface area (TPSA) is 46.1 Å². The van der Waals surface area contributed by atoms with Crippen LogP contribution in [0.1, 0.15) is 42.1 Å². The van der Waals surface area contributed by atoms with Crippen LogP contribution in [0.4, 0.5) is 0 Å². The first-order chi connectivity index (χ1) is 8.24. The van der Waals surface area contributed by atoms with E-state index in [-0.39, 0.29) is 5.91 Å². The van der Waals surface area contributed by atoms with Gasteiger partial charge in [-0.3, -0.25) is 4.79 Å². The molecule has 0 aliphatic rings. The van der Waals surface area contributed by atoms with Crippen LogP contribution in [-0.4, -0.2) is 38.8 Å². The van der Waals surface area contributed by atoms with Crippen LogP contribution in [0.15, 0.2) is 0 Å². The Labute approximate surface area is 115 Å². The average molecular weight is 320 g/mol. The summed E-state index contributed by atoms with van der Waals surface area (Å²) in [6, 6.07) is 0. The Morgan fingerprint density at radius 3 is 2.76 bits per heavy atom. The maximum absolute atomic E-state index is 12.3. The second-order valence-electron chi connectivity index (χ2n) is 3.74. The van der Waals surface area contributed by atoms with Crippen molar-refractivity contribution in [1.29, 1.82) is 0 Å². The molecule has 1 aromatic heterocycles. The molecule has 17 heavy (non-hydrogen) atoms. The molecule has 0 fully saturated rings. The lowest BCUT2D eigenvalue weighted by Crippen LogP contribution is -2.33. The number of alkyl halides is 1. The molecule has 96 valence electrons. The van der Waals surface area contributed by atoms with Crippen LogP contribution in [0, 0.1) is 0 Å². The van der Waals surface area contributed by atoms with Gasteiger partial charge in [-0.2, -0.15) is 0 Å². The van der Waals surface area contributed by atoms with Crippen LogP contribution in [-0.2, 0) is 6.42 Å². The highest BCUT2D eigenvalue weighted by Gasteiger charge is 2.20. The van der Waals surface area contributed by atoms with Gasteiger partial charge in [0.2, 0.25) is 0 Å². The SMILES string of the molecule is CCCCN(CCBr)C(=O)c1snnc1CC. The number of amides is 1. The fourth-order valence-electron chi connectivity index (χ4n) is 1.51. The molecule has 0 aromatic carbocycles. The minimum absolute atomic E-state index is 0.0738. The molecule has 0 unspecified atom stereocenters. The normalized spacial score (nSPS) is 10.5. The van der Waals surface area contributed by atoms with Crippen molar-refractivity contribution < 1.29 is 4.79 Å². The van der Waals surface area contributed by atoms with Crippen molar-refractivity contribution in [2.24, 2.45) is 0 Å². The van der Waals surface area contributed by atoms with Gasteiger partial charge in [0.1, 0.15) is 4.88 Å². The smallest absolute Gasteiger partial charge is 0.267 e. The molecule has 1 amide bonds. The first-order valence-electron chi connectivity index (χ1n) is 5.91. The van der Waals surface area contributed by atoms with Gasteiger partial charge in [-0.25, -0.2) is 0 Å². The zero-order chi connectivity index (χ0) is 12.7. The third-order valence-corrected chi connectivity index (χ3v) is 3.62. The fraction of sp³-hybridized carbons (Fsp3) is 0.727. The molecular formula is C11H18BrN3OS. The minimum Gasteiger partial charge on any atom is -0.337 e. The molecule has 0 N–H and O–H groups in total. The molecule has 6 heteroatoms. The second kappa shape index (κ2) is 7.76. The lowest BCUT2D eigenvalue weighted by atomic mass is 10.2. The van der Waals surface area contributed by atoms with Crippen molar-refractivity contribution >= 4 is 33.4 Å². The van der Waals surface area contributed by atoms with Gasteiger partial charge >= 0.3 is 0 Å². The molecule has 0 bridgehead atoms. The summed E-state index contributed by atoms with van der Waals surface area (Å²) in [6.45, 7) is 5.67. The predicted octanol–water partition coefficient (Wildman–Crippen LogP) is 2.74. The Kier molecular flexibility index (Phi) is 6.65. The van der Waals surface area contributed by atoms with Crippen molar-refractivity contribution in [3.8, 4) is 0 Å². The lowest BCUT2D eigenvalue weighted by molar-refractivity contribution is 0.0768. The summed E-state index contributed by atoms with van der Waals surface area (Å²) in [6.07, 6.45) is 2.88. The van der Waals surface area contributed by atoms with Crippen LogP contribution >= 0.6 is 27.5 Å². The van der Waals surface area contributed by atoms with E-state index in [1.165, 1.54) is 11.5 Å². The van der Waals surface area contributed by atoms with Gasteiger partial charge in [0.05, 0.1) is 5.69 Å². The largest absolute Gasteiger partial charge is 0.337 e. The molecule has 0 aliphatic carbocycles. The predicted molar refractivity (Wildman–Crippen MR) is 73.9 cm³/mol. The van der Waals surface area contributed by atoms with Gasteiger partial charge in [0, 0.05) is 18.4 Å². The van der Waals surface area contributed by atoms with Crippen LogP contribution in [0.25, 0.3) is 0 Å². The summed E-state index contributed by atoms with van der Waals surface area (Å²) in [7, 11) is 0. The molecular weight excluding hydrogens is 302 g/mol. The summed E-state index contributed by atoms with van der Waals surface area (Å²) >= 11 is 4.59. The van der Waals surface area contributed by atoms with Crippen molar-refractivity contribution in [1.82, 2.24) is 14.5 Å². The number of halogens is 1. The van der Waals surface area contributed by atoms with Crippen LogP contribution in [0.5, 0.6) is 0 Å². The van der Waals surface area contributed by atoms with Gasteiger partial charge in [-0.05, 0) is 24.4 Å². The first kappa shape index (κ1) is 14.6. The van der Waals surface area contributed by atoms with E-state index in [0.29, 0.717) is 4.88 Å². The summed E-state index contributed by atoms with van der Waals surface area (Å²) in [4.78, 5) is 14.9. The highest BCUT2D eigenvalue weighted by molar-refractivity contribution is 9.09. The van der Waals surface area contributed by atoms with Crippen molar-refractivity contribution in [3.63, 3.8) is 0 Å². The van der Waals surface area contributed by atoms with E-state index in [4.69, 9.17) is 0 Å². The minimum atomic E-state index is 0.0738. The molecule has 1 aromatic rings. The number of carbonyl (C=O) groups is 1. The number of hydrogen-bond acceptors (Lipinski definition) is 4. The Hall–Kier alpha value is -0.490. The van der Waals surface area contributed by atoms with Gasteiger partial charge in [0.25, 0.3) is 5.91 Å². The number of aromatic nitrogens is 2. The molecule has 0 radical (unpaired) electrons. The zero-order valence-electron chi connectivity index (χ0n) is 10.3. The lowest BCUT2D eigenvalue weighted by Gasteiger charge is -2.20. The number of nitrogens with zero attached hydrogens (tertiary/aromatic N) is 3. The Bertz CT molecular complexity index is 356. The van der Waals surface area contributed by atoms with E-state index >= 15 is 0 Å². The Balaban J connectivity index is 2.76. The maximum atomic E-state index is 12.3. The molecule has 1 rings (SSSR count). The molecule has 0 aliphatic heterocycles. The molecule has 0 saturated heterocycles. The van der Waals surface area contributed by atoms with E-state index < -0.39 is 0 Å². The van der Waals surface area contributed by atoms with Gasteiger partial charge in [-0.15, -0.1) is 5.10 Å². The van der Waals surface area contributed by atoms with Crippen molar-refractivity contribution in [2.45, 2.75) is 33.1 Å².